The van der Waals surface area contributed by atoms with E-state index in [1.807, 2.05) is 0 Å². The molecule has 4 rings (SSSR count). The molecule has 4 aliphatic rings. The van der Waals surface area contributed by atoms with Crippen molar-refractivity contribution < 1.29 is 0 Å². The summed E-state index contributed by atoms with van der Waals surface area (Å²) in [6, 6.07) is 0. The summed E-state index contributed by atoms with van der Waals surface area (Å²) in [5, 5.41) is 0. The summed E-state index contributed by atoms with van der Waals surface area (Å²) in [5.41, 5.74) is 4.02. The predicted molar refractivity (Wildman–Crippen MR) is 88.6 cm³/mol. The van der Waals surface area contributed by atoms with Crippen molar-refractivity contribution >= 4 is 0 Å². The Balaban J connectivity index is 1.73. The van der Waals surface area contributed by atoms with Gasteiger partial charge in [0, 0.05) is 11.8 Å². The predicted octanol–water partition coefficient (Wildman–Crippen LogP) is 5.51. The monoisotopic (exact) mass is 280 g/mol. The number of hydrogen-bond donors (Lipinski definition) is 0. The molecule has 0 bridgehead atoms. The normalized spacial score (nSPS) is 47.9. The smallest absolute Gasteiger partial charge is 0.0318 e. The van der Waals surface area contributed by atoms with Gasteiger partial charge in [-0.25, -0.2) is 0 Å². The number of rotatable bonds is 0. The lowest BCUT2D eigenvalue weighted by Crippen LogP contribution is -2.49. The van der Waals surface area contributed by atoms with E-state index in [1.54, 1.807) is 11.1 Å². The largest absolute Gasteiger partial charge is 0.103 e. The average Bonchev–Trinajstić information content (AvgIpc) is 2.47. The summed E-state index contributed by atoms with van der Waals surface area (Å²) in [5.74, 6) is 9.69. The van der Waals surface area contributed by atoms with Crippen LogP contribution in [0.1, 0.15) is 65.7 Å². The summed E-state index contributed by atoms with van der Waals surface area (Å²) in [7, 11) is 0. The maximum Gasteiger partial charge on any atom is 0.0318 e. The van der Waals surface area contributed by atoms with Crippen LogP contribution < -0.4 is 0 Å². The third-order valence-corrected chi connectivity index (χ3v) is 7.31. The summed E-state index contributed by atoms with van der Waals surface area (Å²) in [6.07, 6.45) is 14.3. The molecule has 0 radical (unpaired) electrons. The Kier molecular flexibility index (Phi) is 2.94. The second-order valence-corrected chi connectivity index (χ2v) is 8.48. The van der Waals surface area contributed by atoms with E-state index in [1.165, 1.54) is 38.5 Å². The molecule has 0 heteroatoms. The molecule has 0 nitrogen and oxygen atoms in total. The van der Waals surface area contributed by atoms with Gasteiger partial charge in [-0.05, 0) is 81.1 Å². The highest BCUT2D eigenvalue weighted by Gasteiger charge is 2.53. The lowest BCUT2D eigenvalue weighted by molar-refractivity contribution is -0.0150. The zero-order chi connectivity index (χ0) is 14.7. The quantitative estimate of drug-likeness (QED) is 0.513. The molecule has 0 N–H and O–H groups in total. The van der Waals surface area contributed by atoms with Crippen LogP contribution in [0.5, 0.6) is 0 Å². The van der Waals surface area contributed by atoms with Gasteiger partial charge in [0.2, 0.25) is 0 Å². The van der Waals surface area contributed by atoms with E-state index < -0.39 is 0 Å². The van der Waals surface area contributed by atoms with E-state index in [0.29, 0.717) is 10.8 Å². The Morgan fingerprint density at radius 2 is 2.00 bits per heavy atom. The van der Waals surface area contributed by atoms with Gasteiger partial charge in [0.05, 0.1) is 0 Å². The first-order valence-electron chi connectivity index (χ1n) is 8.91. The van der Waals surface area contributed by atoms with Crippen molar-refractivity contribution in [1.29, 1.82) is 0 Å². The van der Waals surface area contributed by atoms with Crippen molar-refractivity contribution in [2.24, 2.45) is 28.6 Å². The van der Waals surface area contributed by atoms with E-state index in [9.17, 15) is 0 Å². The fourth-order valence-corrected chi connectivity index (χ4v) is 5.97. The van der Waals surface area contributed by atoms with Gasteiger partial charge >= 0.3 is 0 Å². The Hall–Kier alpha value is -0.960. The highest BCUT2D eigenvalue weighted by Crippen LogP contribution is 2.61. The number of fused-ring (bicyclic) bond motifs is 5. The third kappa shape index (κ3) is 1.89. The van der Waals surface area contributed by atoms with Crippen molar-refractivity contribution in [1.82, 2.24) is 0 Å². The summed E-state index contributed by atoms with van der Waals surface area (Å²) < 4.78 is 0. The Labute approximate surface area is 130 Å². The zero-order valence-electron chi connectivity index (χ0n) is 13.8. The van der Waals surface area contributed by atoms with E-state index in [0.717, 1.165) is 24.2 Å². The van der Waals surface area contributed by atoms with E-state index in [-0.39, 0.29) is 0 Å². The molecule has 0 aromatic rings. The van der Waals surface area contributed by atoms with Gasteiger partial charge in [0.25, 0.3) is 0 Å². The zero-order valence-corrected chi connectivity index (χ0v) is 13.8. The number of allylic oxidation sites excluding steroid dienone is 4. The van der Waals surface area contributed by atoms with Crippen LogP contribution in [0.25, 0.3) is 0 Å². The van der Waals surface area contributed by atoms with Crippen LogP contribution in [0.15, 0.2) is 23.3 Å². The molecular formula is C21H28. The first-order chi connectivity index (χ1) is 10.0. The fraction of sp³-hybridized carbons (Fsp3) is 0.714. The van der Waals surface area contributed by atoms with E-state index in [2.05, 4.69) is 44.8 Å². The third-order valence-electron chi connectivity index (χ3n) is 7.31. The van der Waals surface area contributed by atoms with Crippen LogP contribution in [0, 0.1) is 40.4 Å². The second kappa shape index (κ2) is 4.52. The number of hydrogen-bond acceptors (Lipinski definition) is 0. The van der Waals surface area contributed by atoms with Crippen LogP contribution in [-0.2, 0) is 0 Å². The second-order valence-electron chi connectivity index (χ2n) is 8.48. The summed E-state index contributed by atoms with van der Waals surface area (Å²) >= 11 is 0. The van der Waals surface area contributed by atoms with Gasteiger partial charge in [0.15, 0.2) is 0 Å². The van der Waals surface area contributed by atoms with Crippen molar-refractivity contribution in [3.8, 4) is 11.8 Å². The molecule has 0 saturated heterocycles. The first-order valence-corrected chi connectivity index (χ1v) is 8.91. The molecule has 1 saturated carbocycles. The maximum atomic E-state index is 3.64. The van der Waals surface area contributed by atoms with Crippen molar-refractivity contribution in [3.05, 3.63) is 23.3 Å². The molecule has 1 fully saturated rings. The minimum Gasteiger partial charge on any atom is -0.103 e. The molecule has 112 valence electrons. The van der Waals surface area contributed by atoms with Gasteiger partial charge in [-0.3, -0.25) is 0 Å². The minimum atomic E-state index is 0.321. The molecule has 21 heavy (non-hydrogen) atoms. The summed E-state index contributed by atoms with van der Waals surface area (Å²) in [4.78, 5) is 0. The topological polar surface area (TPSA) is 0 Å². The lowest BCUT2D eigenvalue weighted by atomic mass is 9.47. The molecular weight excluding hydrogens is 252 g/mol. The van der Waals surface area contributed by atoms with Crippen LogP contribution in [0.2, 0.25) is 0 Å². The van der Waals surface area contributed by atoms with Gasteiger partial charge in [-0.1, -0.05) is 30.6 Å². The van der Waals surface area contributed by atoms with Crippen LogP contribution >= 0.6 is 0 Å². The highest BCUT2D eigenvalue weighted by molar-refractivity contribution is 5.37. The van der Waals surface area contributed by atoms with Crippen LogP contribution in [0.4, 0.5) is 0 Å². The Morgan fingerprint density at radius 1 is 1.14 bits per heavy atom. The lowest BCUT2D eigenvalue weighted by Gasteiger charge is -2.57. The van der Waals surface area contributed by atoms with E-state index in [4.69, 9.17) is 0 Å². The van der Waals surface area contributed by atoms with Gasteiger partial charge in [-0.2, -0.15) is 0 Å². The Morgan fingerprint density at radius 3 is 2.86 bits per heavy atom. The molecule has 5 unspecified atom stereocenters. The highest BCUT2D eigenvalue weighted by atomic mass is 14.6. The van der Waals surface area contributed by atoms with Crippen LogP contribution in [-0.4, -0.2) is 0 Å². The van der Waals surface area contributed by atoms with Gasteiger partial charge in [-0.15, -0.1) is 5.92 Å². The maximum absolute atomic E-state index is 3.64. The van der Waals surface area contributed by atoms with Gasteiger partial charge < -0.3 is 0 Å². The molecule has 5 atom stereocenters. The van der Waals surface area contributed by atoms with Crippen molar-refractivity contribution in [2.45, 2.75) is 65.7 Å². The van der Waals surface area contributed by atoms with Crippen molar-refractivity contribution in [3.63, 3.8) is 0 Å². The molecule has 0 amide bonds. The Bertz CT molecular complexity index is 581. The standard InChI is InChI=1S/C21H28/c1-15-9-13-21(3)16(14-15)7-8-17-18-6-4-5-11-20(18,2)12-10-19(17)21/h7,14,17-19H,4,6,8-10,12-13H2,1-3H3. The molecule has 4 aliphatic carbocycles. The van der Waals surface area contributed by atoms with E-state index >= 15 is 0 Å². The molecule has 0 aliphatic heterocycles. The average molecular weight is 280 g/mol. The van der Waals surface area contributed by atoms with Gasteiger partial charge in [0.1, 0.15) is 0 Å². The molecule has 0 heterocycles. The minimum absolute atomic E-state index is 0.321. The first kappa shape index (κ1) is 13.7. The summed E-state index contributed by atoms with van der Waals surface area (Å²) in [6.45, 7) is 7.32. The SMILES string of the molecule is CC1=CC2=CCC3C4CCC#CC4(C)CCC3C2(C)CC1. The van der Waals surface area contributed by atoms with Crippen molar-refractivity contribution in [2.75, 3.05) is 0 Å². The molecule has 0 aromatic carbocycles. The van der Waals surface area contributed by atoms with Crippen LogP contribution in [0.3, 0.4) is 0 Å². The molecule has 0 spiro atoms. The molecule has 0 aromatic heterocycles. The fourth-order valence-electron chi connectivity index (χ4n) is 5.97.